The molecule has 24 heavy (non-hydrogen) atoms. The van der Waals surface area contributed by atoms with Gasteiger partial charge >= 0.3 is 0 Å². The molecule has 1 N–H and O–H groups in total. The van der Waals surface area contributed by atoms with Crippen LogP contribution in [0.25, 0.3) is 10.4 Å². The lowest BCUT2D eigenvalue weighted by Crippen LogP contribution is -2.21. The summed E-state index contributed by atoms with van der Waals surface area (Å²) in [6, 6.07) is 10.1. The molecule has 0 spiro atoms. The molecule has 0 atom stereocenters. The van der Waals surface area contributed by atoms with E-state index in [1.807, 2.05) is 5.38 Å². The number of benzene rings is 1. The van der Waals surface area contributed by atoms with Crippen LogP contribution in [0.5, 0.6) is 0 Å². The molecule has 1 amide bonds. The van der Waals surface area contributed by atoms with Gasteiger partial charge < -0.3 is 5.32 Å². The fraction of sp³-hybridized carbons (Fsp3) is 0.222. The van der Waals surface area contributed by atoms with Gasteiger partial charge in [-0.15, -0.1) is 22.7 Å². The van der Waals surface area contributed by atoms with Crippen molar-refractivity contribution < 1.29 is 9.18 Å². The Balaban J connectivity index is 1.66. The molecular weight excluding hydrogens is 343 g/mol. The van der Waals surface area contributed by atoms with Gasteiger partial charge in [-0.25, -0.2) is 9.37 Å². The van der Waals surface area contributed by atoms with Crippen molar-refractivity contribution in [2.45, 2.75) is 26.3 Å². The van der Waals surface area contributed by atoms with E-state index in [2.05, 4.69) is 24.1 Å². The van der Waals surface area contributed by atoms with Crippen molar-refractivity contribution in [1.29, 1.82) is 0 Å². The fourth-order valence-electron chi connectivity index (χ4n) is 2.19. The number of hydrogen-bond donors (Lipinski definition) is 1. The number of rotatable bonds is 5. The average molecular weight is 360 g/mol. The predicted molar refractivity (Wildman–Crippen MR) is 97.1 cm³/mol. The minimum Gasteiger partial charge on any atom is -0.346 e. The maximum atomic E-state index is 13.8. The van der Waals surface area contributed by atoms with Crippen LogP contribution in [0.4, 0.5) is 4.39 Å². The Kier molecular flexibility index (Phi) is 5.06. The van der Waals surface area contributed by atoms with Crippen LogP contribution < -0.4 is 5.32 Å². The van der Waals surface area contributed by atoms with Crippen molar-refractivity contribution in [3.63, 3.8) is 0 Å². The lowest BCUT2D eigenvalue weighted by atomic mass is 10.2. The van der Waals surface area contributed by atoms with Gasteiger partial charge in [0.1, 0.15) is 5.82 Å². The topological polar surface area (TPSA) is 42.0 Å². The Bertz CT molecular complexity index is 854. The summed E-state index contributed by atoms with van der Waals surface area (Å²) < 4.78 is 13.8. The second-order valence-electron chi connectivity index (χ2n) is 5.66. The number of aromatic nitrogens is 1. The first kappa shape index (κ1) is 16.8. The van der Waals surface area contributed by atoms with Gasteiger partial charge in [0.05, 0.1) is 22.1 Å². The first-order valence-corrected chi connectivity index (χ1v) is 9.31. The molecule has 3 rings (SSSR count). The second-order valence-corrected chi connectivity index (χ2v) is 7.63. The highest BCUT2D eigenvalue weighted by atomic mass is 32.1. The van der Waals surface area contributed by atoms with Gasteiger partial charge in [0.15, 0.2) is 0 Å². The number of thiazole rings is 1. The predicted octanol–water partition coefficient (Wildman–Crippen LogP) is 5.06. The van der Waals surface area contributed by atoms with Crippen LogP contribution in [0, 0.1) is 5.82 Å². The number of carbonyl (C=O) groups is 1. The van der Waals surface area contributed by atoms with Crippen molar-refractivity contribution >= 4 is 28.6 Å². The Labute approximate surface area is 148 Å². The third-order valence-corrected chi connectivity index (χ3v) is 5.77. The molecular formula is C18H17FN2OS2. The summed E-state index contributed by atoms with van der Waals surface area (Å²) in [7, 11) is 0. The molecule has 6 heteroatoms. The van der Waals surface area contributed by atoms with Gasteiger partial charge in [-0.2, -0.15) is 0 Å². The molecule has 0 unspecified atom stereocenters. The number of halogens is 1. The molecule has 2 aromatic heterocycles. The third-order valence-electron chi connectivity index (χ3n) is 3.46. The summed E-state index contributed by atoms with van der Waals surface area (Å²) >= 11 is 2.89. The number of hydrogen-bond acceptors (Lipinski definition) is 4. The smallest absolute Gasteiger partial charge is 0.261 e. The van der Waals surface area contributed by atoms with Crippen molar-refractivity contribution in [3.05, 3.63) is 63.2 Å². The maximum Gasteiger partial charge on any atom is 0.261 e. The summed E-state index contributed by atoms with van der Waals surface area (Å²) in [6.45, 7) is 4.59. The van der Waals surface area contributed by atoms with Crippen molar-refractivity contribution in [1.82, 2.24) is 10.3 Å². The molecule has 0 saturated heterocycles. The highest BCUT2D eigenvalue weighted by molar-refractivity contribution is 7.17. The van der Waals surface area contributed by atoms with Gasteiger partial charge in [-0.3, -0.25) is 4.79 Å². The van der Waals surface area contributed by atoms with E-state index in [-0.39, 0.29) is 11.7 Å². The molecule has 0 saturated carbocycles. The minimum absolute atomic E-state index is 0.165. The molecule has 124 valence electrons. The van der Waals surface area contributed by atoms with Crippen LogP contribution in [0.1, 0.15) is 40.1 Å². The van der Waals surface area contributed by atoms with E-state index in [4.69, 9.17) is 0 Å². The highest BCUT2D eigenvalue weighted by Crippen LogP contribution is 2.30. The number of amides is 1. The van der Waals surface area contributed by atoms with E-state index in [0.29, 0.717) is 22.9 Å². The van der Waals surface area contributed by atoms with Crippen LogP contribution in [-0.4, -0.2) is 10.9 Å². The highest BCUT2D eigenvalue weighted by Gasteiger charge is 2.13. The molecule has 3 nitrogen and oxygen atoms in total. The molecule has 0 radical (unpaired) electrons. The zero-order chi connectivity index (χ0) is 17.1. The van der Waals surface area contributed by atoms with Crippen molar-refractivity contribution in [2.75, 3.05) is 0 Å². The molecule has 0 fully saturated rings. The van der Waals surface area contributed by atoms with Crippen molar-refractivity contribution in [3.8, 4) is 10.4 Å². The van der Waals surface area contributed by atoms with Gasteiger partial charge in [-0.1, -0.05) is 32.0 Å². The fourth-order valence-corrected chi connectivity index (χ4v) is 3.98. The van der Waals surface area contributed by atoms with Crippen LogP contribution in [0.3, 0.4) is 0 Å². The van der Waals surface area contributed by atoms with Gasteiger partial charge in [-0.05, 0) is 18.2 Å². The maximum absolute atomic E-state index is 13.8. The molecule has 0 aliphatic rings. The Morgan fingerprint density at radius 2 is 2.04 bits per heavy atom. The van der Waals surface area contributed by atoms with Gasteiger partial charge in [0, 0.05) is 21.7 Å². The monoisotopic (exact) mass is 360 g/mol. The largest absolute Gasteiger partial charge is 0.346 e. The lowest BCUT2D eigenvalue weighted by Gasteiger charge is -2.01. The standard InChI is InChI=1S/C18H17FN2OS2/c1-11(2)18-21-12(10-23-18)9-20-17(22)16-8-7-15(24-16)13-5-3-4-6-14(13)19/h3-8,10-11H,9H2,1-2H3,(H,20,22). The second kappa shape index (κ2) is 7.23. The van der Waals surface area contributed by atoms with Gasteiger partial charge in [0.2, 0.25) is 0 Å². The Hall–Kier alpha value is -2.05. The molecule has 0 bridgehead atoms. The molecule has 2 heterocycles. The van der Waals surface area contributed by atoms with Crippen LogP contribution in [-0.2, 0) is 6.54 Å². The molecule has 0 aliphatic heterocycles. The van der Waals surface area contributed by atoms with E-state index < -0.39 is 0 Å². The van der Waals surface area contributed by atoms with E-state index in [1.165, 1.54) is 17.4 Å². The number of nitrogens with zero attached hydrogens (tertiary/aromatic N) is 1. The van der Waals surface area contributed by atoms with Crippen LogP contribution in [0.2, 0.25) is 0 Å². The first-order chi connectivity index (χ1) is 11.5. The molecule has 0 aliphatic carbocycles. The summed E-state index contributed by atoms with van der Waals surface area (Å²) in [5.74, 6) is -0.0586. The quantitative estimate of drug-likeness (QED) is 0.691. The first-order valence-electron chi connectivity index (χ1n) is 7.62. The zero-order valence-electron chi connectivity index (χ0n) is 13.4. The summed E-state index contributed by atoms with van der Waals surface area (Å²) in [5.41, 5.74) is 1.38. The van der Waals surface area contributed by atoms with E-state index in [9.17, 15) is 9.18 Å². The summed E-state index contributed by atoms with van der Waals surface area (Å²) in [5, 5.41) is 5.90. The van der Waals surface area contributed by atoms with E-state index in [1.54, 1.807) is 41.7 Å². The number of nitrogens with one attached hydrogen (secondary N) is 1. The molecule has 1 aromatic carbocycles. The van der Waals surface area contributed by atoms with Crippen LogP contribution in [0.15, 0.2) is 41.8 Å². The minimum atomic E-state index is -0.282. The lowest BCUT2D eigenvalue weighted by molar-refractivity contribution is 0.0954. The Morgan fingerprint density at radius 1 is 1.25 bits per heavy atom. The van der Waals surface area contributed by atoms with Crippen LogP contribution >= 0.6 is 22.7 Å². The van der Waals surface area contributed by atoms with Gasteiger partial charge in [0.25, 0.3) is 5.91 Å². The SMILES string of the molecule is CC(C)c1nc(CNC(=O)c2ccc(-c3ccccc3F)s2)cs1. The molecule has 3 aromatic rings. The number of carbonyl (C=O) groups excluding carboxylic acids is 1. The average Bonchev–Trinajstić information content (AvgIpc) is 3.22. The number of thiophene rings is 1. The van der Waals surface area contributed by atoms with E-state index in [0.717, 1.165) is 15.6 Å². The Morgan fingerprint density at radius 3 is 2.75 bits per heavy atom. The third kappa shape index (κ3) is 3.71. The zero-order valence-corrected chi connectivity index (χ0v) is 15.0. The van der Waals surface area contributed by atoms with E-state index >= 15 is 0 Å². The summed E-state index contributed by atoms with van der Waals surface area (Å²) in [4.78, 5) is 18.1. The normalized spacial score (nSPS) is 11.0. The summed E-state index contributed by atoms with van der Waals surface area (Å²) in [6.07, 6.45) is 0. The van der Waals surface area contributed by atoms with Crippen molar-refractivity contribution in [2.24, 2.45) is 0 Å².